The third-order valence-corrected chi connectivity index (χ3v) is 6.01. The van der Waals surface area contributed by atoms with Gasteiger partial charge in [-0.3, -0.25) is 4.55 Å². The summed E-state index contributed by atoms with van der Waals surface area (Å²) in [4.78, 5) is -0.362. The predicted octanol–water partition coefficient (Wildman–Crippen LogP) is 3.27. The third-order valence-electron chi connectivity index (χ3n) is 5.16. The van der Waals surface area contributed by atoms with Gasteiger partial charge in [-0.1, -0.05) is 88.7 Å². The van der Waals surface area contributed by atoms with Crippen molar-refractivity contribution in [3.8, 4) is 17.2 Å². The summed E-state index contributed by atoms with van der Waals surface area (Å²) in [6, 6.07) is 10.7. The van der Waals surface area contributed by atoms with Crippen LogP contribution in [0.2, 0.25) is 0 Å². The van der Waals surface area contributed by atoms with Gasteiger partial charge in [0, 0.05) is 6.07 Å². The number of hydrogen-bond donors (Lipinski definition) is 1. The largest absolute Gasteiger partial charge is 1.00 e. The van der Waals surface area contributed by atoms with Gasteiger partial charge < -0.3 is 9.84 Å². The zero-order valence-electron chi connectivity index (χ0n) is 18.8. The first-order valence-electron chi connectivity index (χ1n) is 11.0. The molecular formula is C24H33KO5S. The Morgan fingerprint density at radius 1 is 0.871 bits per heavy atom. The molecule has 0 aliphatic rings. The number of rotatable bonds is 14. The van der Waals surface area contributed by atoms with Crippen molar-refractivity contribution < 1.29 is 74.2 Å². The van der Waals surface area contributed by atoms with E-state index in [0.717, 1.165) is 36.6 Å². The number of unbranched alkanes of at least 4 members (excludes halogenated alkanes) is 9. The van der Waals surface area contributed by atoms with Crippen molar-refractivity contribution in [1.29, 1.82) is 0 Å². The second-order valence-corrected chi connectivity index (χ2v) is 9.19. The van der Waals surface area contributed by atoms with E-state index in [9.17, 15) is 13.5 Å². The van der Waals surface area contributed by atoms with Crippen molar-refractivity contribution in [3.63, 3.8) is 0 Å². The predicted molar refractivity (Wildman–Crippen MR) is 118 cm³/mol. The van der Waals surface area contributed by atoms with Gasteiger partial charge in [0.15, 0.2) is 0 Å². The van der Waals surface area contributed by atoms with Gasteiger partial charge in [0.2, 0.25) is 0 Å². The van der Waals surface area contributed by atoms with Gasteiger partial charge in [0.25, 0.3) is 10.1 Å². The van der Waals surface area contributed by atoms with Crippen LogP contribution in [-0.4, -0.2) is 13.0 Å². The summed E-state index contributed by atoms with van der Waals surface area (Å²) in [5.41, 5.74) is 1.12. The standard InChI is InChI=1S/C24H34O5S.K/c1-2-3-4-5-6-7-8-9-10-11-13-20-14-12-15-21(18-20)29-24-19-22(30(26,27)28)16-17-23(24)25;/h12,14-19,25H,2-11,13H2,1H3,(H,26,27,28);/q;+1/p-1. The molecule has 0 fully saturated rings. The van der Waals surface area contributed by atoms with Crippen molar-refractivity contribution in [1.82, 2.24) is 0 Å². The molecule has 2 aromatic rings. The van der Waals surface area contributed by atoms with Crippen molar-refractivity contribution >= 4 is 10.1 Å². The van der Waals surface area contributed by atoms with Crippen LogP contribution in [0.4, 0.5) is 0 Å². The Hall–Kier alpha value is -0.414. The Labute approximate surface area is 229 Å². The van der Waals surface area contributed by atoms with E-state index in [2.05, 4.69) is 6.92 Å². The summed E-state index contributed by atoms with van der Waals surface area (Å²) >= 11 is 0. The maximum atomic E-state index is 12.0. The SMILES string of the molecule is CCCCCCCCCCCCc1cccc(Oc2cc(S(=O)(=O)O)ccc2[O-])c1.[K+]. The van der Waals surface area contributed by atoms with Crippen LogP contribution in [0, 0.1) is 0 Å². The van der Waals surface area contributed by atoms with E-state index >= 15 is 0 Å². The average Bonchev–Trinajstić information content (AvgIpc) is 2.70. The second kappa shape index (κ2) is 15.4. The van der Waals surface area contributed by atoms with Gasteiger partial charge >= 0.3 is 51.4 Å². The number of ether oxygens (including phenoxy) is 1. The summed E-state index contributed by atoms with van der Waals surface area (Å²) in [5.74, 6) is -0.0899. The Morgan fingerprint density at radius 3 is 2.10 bits per heavy atom. The van der Waals surface area contributed by atoms with Crippen molar-refractivity contribution in [3.05, 3.63) is 48.0 Å². The summed E-state index contributed by atoms with van der Waals surface area (Å²) in [7, 11) is -4.39. The molecule has 166 valence electrons. The van der Waals surface area contributed by atoms with E-state index in [1.165, 1.54) is 57.8 Å². The van der Waals surface area contributed by atoms with Gasteiger partial charge in [-0.05, 0) is 36.6 Å². The first-order valence-corrected chi connectivity index (χ1v) is 12.4. The Balaban J connectivity index is 0.00000480. The first kappa shape index (κ1) is 28.6. The quantitative estimate of drug-likeness (QED) is 0.259. The fourth-order valence-corrected chi connectivity index (χ4v) is 3.93. The van der Waals surface area contributed by atoms with Gasteiger partial charge in [-0.2, -0.15) is 8.42 Å². The molecule has 0 atom stereocenters. The minimum Gasteiger partial charge on any atom is -0.870 e. The molecule has 0 aliphatic heterocycles. The van der Waals surface area contributed by atoms with E-state index in [1.54, 1.807) is 6.07 Å². The molecule has 2 aromatic carbocycles. The zero-order chi connectivity index (χ0) is 21.8. The molecule has 31 heavy (non-hydrogen) atoms. The molecule has 0 aromatic heterocycles. The fourth-order valence-electron chi connectivity index (χ4n) is 3.44. The Morgan fingerprint density at radius 2 is 1.48 bits per heavy atom. The number of hydrogen-bond acceptors (Lipinski definition) is 4. The second-order valence-electron chi connectivity index (χ2n) is 7.77. The number of aryl methyl sites for hydroxylation is 1. The summed E-state index contributed by atoms with van der Waals surface area (Å²) in [5, 5.41) is 12.0. The summed E-state index contributed by atoms with van der Waals surface area (Å²) in [6.45, 7) is 2.24. The van der Waals surface area contributed by atoms with Crippen LogP contribution in [0.15, 0.2) is 47.4 Å². The van der Waals surface area contributed by atoms with Gasteiger partial charge in [-0.25, -0.2) is 0 Å². The van der Waals surface area contributed by atoms with Crippen molar-refractivity contribution in [2.75, 3.05) is 0 Å². The van der Waals surface area contributed by atoms with Crippen LogP contribution in [0.3, 0.4) is 0 Å². The van der Waals surface area contributed by atoms with Crippen molar-refractivity contribution in [2.24, 2.45) is 0 Å². The molecule has 0 radical (unpaired) electrons. The molecule has 1 N–H and O–H groups in total. The summed E-state index contributed by atoms with van der Waals surface area (Å²) < 4.78 is 37.3. The minimum absolute atomic E-state index is 0. The van der Waals surface area contributed by atoms with E-state index in [4.69, 9.17) is 9.29 Å². The maximum Gasteiger partial charge on any atom is 1.00 e. The molecule has 0 bridgehead atoms. The van der Waals surface area contributed by atoms with E-state index in [-0.39, 0.29) is 62.0 Å². The van der Waals surface area contributed by atoms with E-state index < -0.39 is 15.9 Å². The Kier molecular flexibility index (Phi) is 14.2. The van der Waals surface area contributed by atoms with Crippen LogP contribution in [0.1, 0.15) is 76.7 Å². The molecule has 0 saturated heterocycles. The molecule has 2 rings (SSSR count). The molecule has 0 spiro atoms. The molecule has 0 heterocycles. The van der Waals surface area contributed by atoms with E-state index in [0.29, 0.717) is 5.75 Å². The maximum absolute atomic E-state index is 12.0. The minimum atomic E-state index is -4.39. The van der Waals surface area contributed by atoms with Gasteiger partial charge in [-0.15, -0.1) is 0 Å². The van der Waals surface area contributed by atoms with Gasteiger partial charge in [0.05, 0.1) is 4.90 Å². The summed E-state index contributed by atoms with van der Waals surface area (Å²) in [6.07, 6.45) is 13.8. The van der Waals surface area contributed by atoms with Crippen LogP contribution in [-0.2, 0) is 16.5 Å². The molecule has 7 heteroatoms. The number of benzene rings is 2. The molecule has 0 aliphatic carbocycles. The average molecular weight is 473 g/mol. The van der Waals surface area contributed by atoms with Crippen LogP contribution < -0.4 is 61.2 Å². The Bertz CT molecular complexity index is 883. The molecule has 0 unspecified atom stereocenters. The molecule has 0 saturated carbocycles. The van der Waals surface area contributed by atoms with Crippen LogP contribution >= 0.6 is 0 Å². The smallest absolute Gasteiger partial charge is 0.870 e. The molecule has 0 amide bonds. The molecule has 5 nitrogen and oxygen atoms in total. The van der Waals surface area contributed by atoms with Gasteiger partial charge in [0.1, 0.15) is 11.5 Å². The monoisotopic (exact) mass is 472 g/mol. The third kappa shape index (κ3) is 11.3. The van der Waals surface area contributed by atoms with Crippen LogP contribution in [0.25, 0.3) is 0 Å². The van der Waals surface area contributed by atoms with Crippen molar-refractivity contribution in [2.45, 2.75) is 82.4 Å². The van der Waals surface area contributed by atoms with E-state index in [1.807, 2.05) is 18.2 Å². The first-order chi connectivity index (χ1) is 14.4. The zero-order valence-corrected chi connectivity index (χ0v) is 22.7. The topological polar surface area (TPSA) is 86.7 Å². The van der Waals surface area contributed by atoms with Crippen LogP contribution in [0.5, 0.6) is 17.2 Å². The normalized spacial score (nSPS) is 11.2. The molecular weight excluding hydrogens is 439 g/mol. The fraction of sp³-hybridized carbons (Fsp3) is 0.500.